The van der Waals surface area contributed by atoms with Crippen LogP contribution in [0.2, 0.25) is 0 Å². The van der Waals surface area contributed by atoms with Crippen molar-refractivity contribution in [3.63, 3.8) is 0 Å². The minimum atomic E-state index is 0.650. The molecular weight excluding hydrogens is 304 g/mol. The number of aromatic nitrogens is 1. The van der Waals surface area contributed by atoms with E-state index < -0.39 is 0 Å². The Balaban J connectivity index is 1.42. The van der Waals surface area contributed by atoms with Gasteiger partial charge in [-0.3, -0.25) is 0 Å². The number of hydrogen-bond acceptors (Lipinski definition) is 6. The van der Waals surface area contributed by atoms with Gasteiger partial charge in [-0.05, 0) is 44.4 Å². The molecule has 0 atom stereocenters. The van der Waals surface area contributed by atoms with Crippen molar-refractivity contribution in [2.24, 2.45) is 4.99 Å². The highest BCUT2D eigenvalue weighted by Crippen LogP contribution is 2.26. The van der Waals surface area contributed by atoms with E-state index in [0.717, 1.165) is 70.1 Å². The van der Waals surface area contributed by atoms with E-state index in [2.05, 4.69) is 26.3 Å². The van der Waals surface area contributed by atoms with Gasteiger partial charge in [0.05, 0.1) is 13.2 Å². The molecule has 6 heteroatoms. The van der Waals surface area contributed by atoms with Gasteiger partial charge in [0.1, 0.15) is 0 Å². The monoisotopic (exact) mass is 332 g/mol. The van der Waals surface area contributed by atoms with E-state index in [1.54, 1.807) is 0 Å². The normalized spacial score (nSPS) is 18.0. The van der Waals surface area contributed by atoms with Gasteiger partial charge in [0, 0.05) is 38.7 Å². The highest BCUT2D eigenvalue weighted by Gasteiger charge is 2.15. The van der Waals surface area contributed by atoms with Gasteiger partial charge in [-0.25, -0.2) is 0 Å². The maximum Gasteiger partial charge on any atom is 0.215 e. The van der Waals surface area contributed by atoms with Crippen molar-refractivity contribution < 1.29 is 9.47 Å². The fourth-order valence-corrected chi connectivity index (χ4v) is 3.07. The summed E-state index contributed by atoms with van der Waals surface area (Å²) in [7, 11) is 0. The van der Waals surface area contributed by atoms with Crippen molar-refractivity contribution in [1.82, 2.24) is 15.2 Å². The van der Waals surface area contributed by atoms with Gasteiger partial charge in [0.2, 0.25) is 5.88 Å². The summed E-state index contributed by atoms with van der Waals surface area (Å²) in [5, 5.41) is 3.38. The van der Waals surface area contributed by atoms with Gasteiger partial charge in [-0.15, -0.1) is 0 Å². The topological polar surface area (TPSA) is 59.0 Å². The average Bonchev–Trinajstić information content (AvgIpc) is 2.62. The van der Waals surface area contributed by atoms with Crippen molar-refractivity contribution in [1.29, 1.82) is 0 Å². The Hall–Kier alpha value is -1.66. The van der Waals surface area contributed by atoms with Crippen LogP contribution in [-0.2, 0) is 11.2 Å². The number of nitrogens with one attached hydrogen (secondary N) is 1. The lowest BCUT2D eigenvalue weighted by Crippen LogP contribution is -2.43. The molecule has 2 aliphatic rings. The number of aryl methyl sites for hydroxylation is 1. The number of hydrogen-bond donors (Lipinski definition) is 1. The zero-order valence-corrected chi connectivity index (χ0v) is 14.6. The van der Waals surface area contributed by atoms with Crippen LogP contribution in [0.4, 0.5) is 5.82 Å². The quantitative estimate of drug-likeness (QED) is 0.776. The first-order valence-corrected chi connectivity index (χ1v) is 9.11. The third kappa shape index (κ3) is 4.92. The Kier molecular flexibility index (Phi) is 6.43. The molecule has 1 aromatic rings. The van der Waals surface area contributed by atoms with Crippen LogP contribution in [0.5, 0.6) is 5.88 Å². The SMILES string of the molecule is CCOC1=Nc2nc(OCCCCN3CCNCC3)ccc2CC1. The minimum Gasteiger partial charge on any atom is -0.481 e. The minimum absolute atomic E-state index is 0.650. The number of pyridine rings is 1. The highest BCUT2D eigenvalue weighted by molar-refractivity contribution is 5.81. The zero-order valence-electron chi connectivity index (χ0n) is 14.6. The molecule has 0 amide bonds. The summed E-state index contributed by atoms with van der Waals surface area (Å²) >= 11 is 0. The van der Waals surface area contributed by atoms with E-state index >= 15 is 0 Å². The Morgan fingerprint density at radius 2 is 2.00 bits per heavy atom. The fourth-order valence-electron chi connectivity index (χ4n) is 3.07. The summed E-state index contributed by atoms with van der Waals surface area (Å²) in [5.41, 5.74) is 1.17. The predicted octanol–water partition coefficient (Wildman–Crippen LogP) is 2.16. The number of rotatable bonds is 7. The molecule has 132 valence electrons. The molecule has 1 aromatic heterocycles. The summed E-state index contributed by atoms with van der Waals surface area (Å²) in [5.74, 6) is 2.20. The van der Waals surface area contributed by atoms with Gasteiger partial charge in [-0.2, -0.15) is 9.98 Å². The molecule has 2 aliphatic heterocycles. The van der Waals surface area contributed by atoms with E-state index in [-0.39, 0.29) is 0 Å². The lowest BCUT2D eigenvalue weighted by atomic mass is 10.1. The summed E-state index contributed by atoms with van der Waals surface area (Å²) in [4.78, 5) is 11.5. The number of aliphatic imine (C=N–C) groups is 1. The molecule has 3 rings (SSSR count). The molecule has 3 heterocycles. The Morgan fingerprint density at radius 3 is 2.83 bits per heavy atom. The molecule has 1 N–H and O–H groups in total. The molecule has 24 heavy (non-hydrogen) atoms. The molecule has 1 saturated heterocycles. The van der Waals surface area contributed by atoms with E-state index in [1.165, 1.54) is 5.56 Å². The first-order valence-electron chi connectivity index (χ1n) is 9.11. The number of fused-ring (bicyclic) bond motifs is 1. The molecule has 0 spiro atoms. The highest BCUT2D eigenvalue weighted by atomic mass is 16.5. The van der Waals surface area contributed by atoms with Crippen LogP contribution in [0.25, 0.3) is 0 Å². The summed E-state index contributed by atoms with van der Waals surface area (Å²) < 4.78 is 11.3. The Labute approximate surface area is 144 Å². The third-order valence-electron chi connectivity index (χ3n) is 4.41. The van der Waals surface area contributed by atoms with Gasteiger partial charge in [0.25, 0.3) is 0 Å². The van der Waals surface area contributed by atoms with Crippen molar-refractivity contribution in [2.75, 3.05) is 45.9 Å². The van der Waals surface area contributed by atoms with E-state index in [9.17, 15) is 0 Å². The number of piperazine rings is 1. The molecule has 0 radical (unpaired) electrons. The van der Waals surface area contributed by atoms with Crippen LogP contribution in [0.1, 0.15) is 31.7 Å². The van der Waals surface area contributed by atoms with E-state index in [1.807, 2.05) is 13.0 Å². The van der Waals surface area contributed by atoms with Gasteiger partial charge < -0.3 is 19.7 Å². The lowest BCUT2D eigenvalue weighted by Gasteiger charge is -2.26. The molecular formula is C18H28N4O2. The van der Waals surface area contributed by atoms with Crippen molar-refractivity contribution in [3.8, 4) is 5.88 Å². The second kappa shape index (κ2) is 8.99. The van der Waals surface area contributed by atoms with Crippen molar-refractivity contribution in [3.05, 3.63) is 17.7 Å². The van der Waals surface area contributed by atoms with Gasteiger partial charge >= 0.3 is 0 Å². The molecule has 1 fully saturated rings. The average molecular weight is 332 g/mol. The number of ether oxygens (including phenoxy) is 2. The van der Waals surface area contributed by atoms with Crippen LogP contribution in [-0.4, -0.2) is 61.7 Å². The van der Waals surface area contributed by atoms with Crippen molar-refractivity contribution in [2.45, 2.75) is 32.6 Å². The number of unbranched alkanes of at least 4 members (excludes halogenated alkanes) is 1. The summed E-state index contributed by atoms with van der Waals surface area (Å²) in [6, 6.07) is 4.03. The second-order valence-corrected chi connectivity index (χ2v) is 6.22. The molecule has 0 aliphatic carbocycles. The van der Waals surface area contributed by atoms with Crippen LogP contribution in [0.3, 0.4) is 0 Å². The van der Waals surface area contributed by atoms with E-state index in [4.69, 9.17) is 9.47 Å². The molecule has 0 unspecified atom stereocenters. The van der Waals surface area contributed by atoms with Crippen LogP contribution in [0.15, 0.2) is 17.1 Å². The first kappa shape index (κ1) is 17.2. The van der Waals surface area contributed by atoms with Crippen LogP contribution >= 0.6 is 0 Å². The maximum atomic E-state index is 5.80. The van der Waals surface area contributed by atoms with Crippen molar-refractivity contribution >= 4 is 11.7 Å². The Morgan fingerprint density at radius 1 is 1.12 bits per heavy atom. The Bertz CT molecular complexity index is 556. The zero-order chi connectivity index (χ0) is 16.6. The second-order valence-electron chi connectivity index (χ2n) is 6.22. The number of nitrogens with zero attached hydrogens (tertiary/aromatic N) is 3. The summed E-state index contributed by atoms with van der Waals surface area (Å²) in [6.07, 6.45) is 4.01. The predicted molar refractivity (Wildman–Crippen MR) is 95.3 cm³/mol. The molecule has 0 bridgehead atoms. The largest absolute Gasteiger partial charge is 0.481 e. The smallest absolute Gasteiger partial charge is 0.215 e. The summed E-state index contributed by atoms with van der Waals surface area (Å²) in [6.45, 7) is 9.04. The lowest BCUT2D eigenvalue weighted by molar-refractivity contribution is 0.224. The maximum absolute atomic E-state index is 5.80. The molecule has 0 aromatic carbocycles. The third-order valence-corrected chi connectivity index (χ3v) is 4.41. The fraction of sp³-hybridized carbons (Fsp3) is 0.667. The first-order chi connectivity index (χ1) is 11.8. The van der Waals surface area contributed by atoms with Crippen LogP contribution in [0, 0.1) is 0 Å². The van der Waals surface area contributed by atoms with E-state index in [0.29, 0.717) is 19.1 Å². The standard InChI is InChI=1S/C18H28N4O2/c1-2-23-16-7-5-15-6-8-17(21-18(15)20-16)24-14-4-3-11-22-12-9-19-10-13-22/h6,8,19H,2-5,7,9-14H2,1H3. The molecule has 0 saturated carbocycles. The van der Waals surface area contributed by atoms with Gasteiger partial charge in [-0.1, -0.05) is 0 Å². The van der Waals surface area contributed by atoms with Gasteiger partial charge in [0.15, 0.2) is 11.7 Å². The van der Waals surface area contributed by atoms with Crippen LogP contribution < -0.4 is 10.1 Å². The molecule has 6 nitrogen and oxygen atoms in total.